The first-order valence-corrected chi connectivity index (χ1v) is 11.6. The number of nitrogens with zero attached hydrogens (tertiary/aromatic N) is 1. The minimum Gasteiger partial charge on any atom is -0.495 e. The van der Waals surface area contributed by atoms with Gasteiger partial charge in [-0.25, -0.2) is 8.42 Å². The van der Waals surface area contributed by atoms with Crippen LogP contribution in [0.2, 0.25) is 0 Å². The second kappa shape index (κ2) is 8.75. The maximum atomic E-state index is 12.9. The molecule has 1 aliphatic carbocycles. The number of aryl methyl sites for hydroxylation is 2. The predicted molar refractivity (Wildman–Crippen MR) is 113 cm³/mol. The Labute approximate surface area is 177 Å². The van der Waals surface area contributed by atoms with Crippen LogP contribution in [0.3, 0.4) is 0 Å². The zero-order valence-electron chi connectivity index (χ0n) is 17.0. The molecule has 2 aromatic rings. The second-order valence-corrected chi connectivity index (χ2v) is 9.50. The third kappa shape index (κ3) is 4.35. The van der Waals surface area contributed by atoms with Crippen molar-refractivity contribution in [3.63, 3.8) is 0 Å². The van der Waals surface area contributed by atoms with Crippen molar-refractivity contribution >= 4 is 21.6 Å². The summed E-state index contributed by atoms with van der Waals surface area (Å²) in [5.74, 6) is 0.199. The number of fused-ring (bicyclic) bond motifs is 1. The summed E-state index contributed by atoms with van der Waals surface area (Å²) in [5, 5.41) is 2.82. The Hall–Kier alpha value is -2.42. The third-order valence-corrected chi connectivity index (χ3v) is 7.48. The van der Waals surface area contributed by atoms with Crippen molar-refractivity contribution in [1.82, 2.24) is 4.31 Å². The molecule has 4 rings (SSSR count). The fraction of sp³-hybridized carbons (Fsp3) is 0.409. The molecule has 1 aliphatic heterocycles. The first kappa shape index (κ1) is 20.8. The van der Waals surface area contributed by atoms with Gasteiger partial charge >= 0.3 is 0 Å². The minimum atomic E-state index is -3.66. The van der Waals surface area contributed by atoms with E-state index in [0.29, 0.717) is 37.7 Å². The number of amides is 1. The number of morpholine rings is 1. The molecular formula is C22H26N2O5S. The van der Waals surface area contributed by atoms with Crippen molar-refractivity contribution in [1.29, 1.82) is 0 Å². The number of rotatable bonds is 6. The van der Waals surface area contributed by atoms with E-state index in [-0.39, 0.29) is 17.2 Å². The zero-order chi connectivity index (χ0) is 21.1. The third-order valence-electron chi connectivity index (χ3n) is 5.58. The van der Waals surface area contributed by atoms with Crippen LogP contribution in [0.1, 0.15) is 23.1 Å². The van der Waals surface area contributed by atoms with E-state index < -0.39 is 10.0 Å². The highest BCUT2D eigenvalue weighted by atomic mass is 32.2. The molecule has 1 heterocycles. The van der Waals surface area contributed by atoms with E-state index >= 15 is 0 Å². The quantitative estimate of drug-likeness (QED) is 0.761. The van der Waals surface area contributed by atoms with Crippen LogP contribution in [0.15, 0.2) is 41.3 Å². The van der Waals surface area contributed by atoms with Crippen molar-refractivity contribution < 1.29 is 22.7 Å². The summed E-state index contributed by atoms with van der Waals surface area (Å²) < 4.78 is 37.9. The first-order valence-electron chi connectivity index (χ1n) is 10.1. The van der Waals surface area contributed by atoms with Gasteiger partial charge in [0.1, 0.15) is 5.75 Å². The lowest BCUT2D eigenvalue weighted by atomic mass is 10.0. The van der Waals surface area contributed by atoms with Gasteiger partial charge in [0.25, 0.3) is 0 Å². The van der Waals surface area contributed by atoms with Gasteiger partial charge in [0.05, 0.1) is 37.3 Å². The number of methoxy groups -OCH3 is 1. The number of benzene rings is 2. The summed E-state index contributed by atoms with van der Waals surface area (Å²) in [4.78, 5) is 12.8. The van der Waals surface area contributed by atoms with Gasteiger partial charge in [-0.15, -0.1) is 0 Å². The van der Waals surface area contributed by atoms with Crippen LogP contribution in [0.5, 0.6) is 5.75 Å². The summed E-state index contributed by atoms with van der Waals surface area (Å²) in [7, 11) is -2.18. The maximum absolute atomic E-state index is 12.9. The molecule has 8 heteroatoms. The molecule has 0 atom stereocenters. The van der Waals surface area contributed by atoms with Gasteiger partial charge < -0.3 is 14.8 Å². The molecule has 1 amide bonds. The van der Waals surface area contributed by atoms with Gasteiger partial charge in [-0.05, 0) is 54.2 Å². The summed E-state index contributed by atoms with van der Waals surface area (Å²) in [6.45, 7) is 1.38. The Bertz CT molecular complexity index is 1050. The van der Waals surface area contributed by atoms with Crippen LogP contribution in [0.25, 0.3) is 0 Å². The fourth-order valence-electron chi connectivity index (χ4n) is 4.00. The van der Waals surface area contributed by atoms with Crippen LogP contribution in [0, 0.1) is 0 Å². The Morgan fingerprint density at radius 2 is 1.87 bits per heavy atom. The number of sulfonamides is 1. The lowest BCUT2D eigenvalue weighted by Crippen LogP contribution is -2.40. The monoisotopic (exact) mass is 430 g/mol. The number of hydrogen-bond donors (Lipinski definition) is 1. The molecule has 1 fully saturated rings. The van der Waals surface area contributed by atoms with E-state index in [2.05, 4.69) is 17.4 Å². The van der Waals surface area contributed by atoms with Crippen molar-refractivity contribution in [2.75, 3.05) is 38.7 Å². The minimum absolute atomic E-state index is 0.123. The van der Waals surface area contributed by atoms with Crippen LogP contribution in [-0.2, 0) is 38.8 Å². The van der Waals surface area contributed by atoms with Gasteiger partial charge in [-0.3, -0.25) is 4.79 Å². The first-order chi connectivity index (χ1) is 14.5. The molecular weight excluding hydrogens is 404 g/mol. The van der Waals surface area contributed by atoms with E-state index in [1.54, 1.807) is 6.07 Å². The van der Waals surface area contributed by atoms with Crippen LogP contribution in [0.4, 0.5) is 5.69 Å². The Morgan fingerprint density at radius 3 is 2.63 bits per heavy atom. The van der Waals surface area contributed by atoms with Crippen molar-refractivity contribution in [3.05, 3.63) is 53.1 Å². The molecule has 2 aromatic carbocycles. The molecule has 0 bridgehead atoms. The fourth-order valence-corrected chi connectivity index (χ4v) is 5.43. The molecule has 2 aliphatic rings. The summed E-state index contributed by atoms with van der Waals surface area (Å²) in [5.41, 5.74) is 3.97. The molecule has 0 saturated carbocycles. The second-order valence-electron chi connectivity index (χ2n) is 7.56. The van der Waals surface area contributed by atoms with Crippen molar-refractivity contribution in [2.45, 2.75) is 30.6 Å². The molecule has 0 spiro atoms. The number of carbonyl (C=O) groups is 1. The average Bonchev–Trinajstić information content (AvgIpc) is 3.22. The SMILES string of the molecule is COc1ccc(S(=O)(=O)N2CCOCC2)cc1NC(=O)Cc1ccc2c(c1)CCC2. The summed E-state index contributed by atoms with van der Waals surface area (Å²) >= 11 is 0. The Balaban J connectivity index is 1.52. The van der Waals surface area contributed by atoms with Gasteiger partial charge in [-0.2, -0.15) is 4.31 Å². The van der Waals surface area contributed by atoms with E-state index in [1.807, 2.05) is 6.07 Å². The van der Waals surface area contributed by atoms with Gasteiger partial charge in [-0.1, -0.05) is 18.2 Å². The molecule has 0 unspecified atom stereocenters. The standard InChI is InChI=1S/C22H26N2O5S/c1-28-21-8-7-19(30(26,27)24-9-11-29-12-10-24)15-20(21)23-22(25)14-16-5-6-17-3-2-4-18(17)13-16/h5-8,13,15H,2-4,9-12,14H2,1H3,(H,23,25). The molecule has 0 radical (unpaired) electrons. The number of hydrogen-bond acceptors (Lipinski definition) is 5. The number of carbonyl (C=O) groups excluding carboxylic acids is 1. The van der Waals surface area contributed by atoms with Gasteiger partial charge in [0, 0.05) is 13.1 Å². The smallest absolute Gasteiger partial charge is 0.243 e. The summed E-state index contributed by atoms with van der Waals surface area (Å²) in [6, 6.07) is 10.7. The molecule has 0 aromatic heterocycles. The Morgan fingerprint density at radius 1 is 1.10 bits per heavy atom. The van der Waals surface area contributed by atoms with E-state index in [9.17, 15) is 13.2 Å². The van der Waals surface area contributed by atoms with E-state index in [0.717, 1.165) is 24.8 Å². The van der Waals surface area contributed by atoms with Crippen molar-refractivity contribution in [3.8, 4) is 5.75 Å². The average molecular weight is 431 g/mol. The van der Waals surface area contributed by atoms with Crippen LogP contribution < -0.4 is 10.1 Å². The van der Waals surface area contributed by atoms with Crippen LogP contribution >= 0.6 is 0 Å². The van der Waals surface area contributed by atoms with Gasteiger partial charge in [0.15, 0.2) is 0 Å². The summed E-state index contributed by atoms with van der Waals surface area (Å²) in [6.07, 6.45) is 3.53. The lowest BCUT2D eigenvalue weighted by molar-refractivity contribution is -0.115. The largest absolute Gasteiger partial charge is 0.495 e. The topological polar surface area (TPSA) is 84.9 Å². The number of ether oxygens (including phenoxy) is 2. The molecule has 160 valence electrons. The Kier molecular flexibility index (Phi) is 6.08. The van der Waals surface area contributed by atoms with E-state index in [4.69, 9.17) is 9.47 Å². The zero-order valence-corrected chi connectivity index (χ0v) is 17.8. The number of nitrogens with one attached hydrogen (secondary N) is 1. The molecule has 1 saturated heterocycles. The van der Waals surface area contributed by atoms with Crippen LogP contribution in [-0.4, -0.2) is 52.0 Å². The van der Waals surface area contributed by atoms with Gasteiger partial charge in [0.2, 0.25) is 15.9 Å². The maximum Gasteiger partial charge on any atom is 0.243 e. The van der Waals surface area contributed by atoms with Crippen molar-refractivity contribution in [2.24, 2.45) is 0 Å². The molecule has 1 N–H and O–H groups in total. The van der Waals surface area contributed by atoms with E-state index in [1.165, 1.54) is 34.7 Å². The number of anilines is 1. The highest BCUT2D eigenvalue weighted by Crippen LogP contribution is 2.30. The molecule has 30 heavy (non-hydrogen) atoms. The predicted octanol–water partition coefficient (Wildman–Crippen LogP) is 2.39. The normalized spacial score (nSPS) is 16.8. The highest BCUT2D eigenvalue weighted by molar-refractivity contribution is 7.89. The molecule has 7 nitrogen and oxygen atoms in total. The highest BCUT2D eigenvalue weighted by Gasteiger charge is 2.27. The lowest BCUT2D eigenvalue weighted by Gasteiger charge is -2.26.